The highest BCUT2D eigenvalue weighted by molar-refractivity contribution is 5.87. The maximum atomic E-state index is 10.4. The van der Waals surface area contributed by atoms with Gasteiger partial charge in [0.15, 0.2) is 5.78 Å². The van der Waals surface area contributed by atoms with Gasteiger partial charge in [0, 0.05) is 0 Å². The van der Waals surface area contributed by atoms with Crippen LogP contribution < -0.4 is 0 Å². The van der Waals surface area contributed by atoms with Gasteiger partial charge in [0.25, 0.3) is 0 Å². The van der Waals surface area contributed by atoms with Crippen LogP contribution in [0.4, 0.5) is 0 Å². The van der Waals surface area contributed by atoms with Gasteiger partial charge in [0.2, 0.25) is 0 Å². The second kappa shape index (κ2) is 10.7. The minimum Gasteiger partial charge on any atom is -0.295 e. The van der Waals surface area contributed by atoms with Crippen molar-refractivity contribution in [1.82, 2.24) is 0 Å². The molecule has 0 aliphatic rings. The van der Waals surface area contributed by atoms with Crippen molar-refractivity contribution in [3.05, 3.63) is 12.2 Å². The summed E-state index contributed by atoms with van der Waals surface area (Å²) in [6, 6.07) is 0. The molecule has 0 amide bonds. The number of ketones is 1. The third-order valence-electron chi connectivity index (χ3n) is 1.58. The second-order valence-electron chi connectivity index (χ2n) is 2.86. The summed E-state index contributed by atoms with van der Waals surface area (Å²) in [4.78, 5) is 10.4. The summed E-state index contributed by atoms with van der Waals surface area (Å²) in [5.41, 5.74) is 0. The number of allylic oxidation sites excluding steroid dienone is 2. The van der Waals surface area contributed by atoms with Crippen molar-refractivity contribution in [3.63, 3.8) is 0 Å². The first-order valence-electron chi connectivity index (χ1n) is 4.44. The summed E-state index contributed by atoms with van der Waals surface area (Å²) in [6.45, 7) is 3.79. The van der Waals surface area contributed by atoms with Crippen LogP contribution in [0.3, 0.4) is 0 Å². The third-order valence-corrected chi connectivity index (χ3v) is 1.58. The molecule has 0 saturated heterocycles. The first-order chi connectivity index (χ1) is 5.27. The van der Waals surface area contributed by atoms with Crippen molar-refractivity contribution in [3.8, 4) is 0 Å². The fourth-order valence-electron chi connectivity index (χ4n) is 0.938. The molecule has 0 aromatic heterocycles. The fraction of sp³-hybridized carbons (Fsp3) is 0.700. The standard InChI is InChI=1S/C10H18O.ClH/c1-3-4-5-6-7-8-9-10(2)11;/h8-9H,3-7H2,1-2H3;1H/b9-8+;. The highest BCUT2D eigenvalue weighted by Crippen LogP contribution is 2.02. The van der Waals surface area contributed by atoms with Crippen LogP contribution in [0.2, 0.25) is 0 Å². The molecule has 72 valence electrons. The van der Waals surface area contributed by atoms with Crippen molar-refractivity contribution >= 4 is 18.2 Å². The van der Waals surface area contributed by atoms with Crippen LogP contribution >= 0.6 is 12.4 Å². The molecule has 0 aromatic rings. The van der Waals surface area contributed by atoms with E-state index >= 15 is 0 Å². The monoisotopic (exact) mass is 190 g/mol. The SMILES string of the molecule is CCCCCC/C=C/C(C)=O.Cl. The predicted molar refractivity (Wildman–Crippen MR) is 55.8 cm³/mol. The molecule has 0 radical (unpaired) electrons. The summed E-state index contributed by atoms with van der Waals surface area (Å²) in [5.74, 6) is 0.153. The van der Waals surface area contributed by atoms with Crippen LogP contribution in [0.5, 0.6) is 0 Å². The van der Waals surface area contributed by atoms with Crippen molar-refractivity contribution in [1.29, 1.82) is 0 Å². The Hall–Kier alpha value is -0.300. The van der Waals surface area contributed by atoms with Crippen LogP contribution in [0, 0.1) is 0 Å². The molecule has 0 spiro atoms. The Balaban J connectivity index is 0. The molecule has 0 aliphatic heterocycles. The molecule has 0 atom stereocenters. The smallest absolute Gasteiger partial charge is 0.152 e. The number of halogens is 1. The van der Waals surface area contributed by atoms with E-state index < -0.39 is 0 Å². The average Bonchev–Trinajstić information content (AvgIpc) is 1.96. The van der Waals surface area contributed by atoms with E-state index in [-0.39, 0.29) is 18.2 Å². The number of unbranched alkanes of at least 4 members (excludes halogenated alkanes) is 4. The van der Waals surface area contributed by atoms with E-state index in [4.69, 9.17) is 0 Å². The molecule has 0 saturated carbocycles. The number of carbonyl (C=O) groups is 1. The lowest BCUT2D eigenvalue weighted by atomic mass is 10.1. The second-order valence-corrected chi connectivity index (χ2v) is 2.86. The van der Waals surface area contributed by atoms with Crippen LogP contribution in [0.15, 0.2) is 12.2 Å². The summed E-state index contributed by atoms with van der Waals surface area (Å²) < 4.78 is 0. The number of hydrogen-bond donors (Lipinski definition) is 0. The molecule has 0 N–H and O–H groups in total. The molecule has 0 aliphatic carbocycles. The molecule has 1 nitrogen and oxygen atoms in total. The summed E-state index contributed by atoms with van der Waals surface area (Å²) in [6.07, 6.45) is 9.78. The first-order valence-corrected chi connectivity index (χ1v) is 4.44. The van der Waals surface area contributed by atoms with E-state index in [1.165, 1.54) is 25.7 Å². The van der Waals surface area contributed by atoms with Gasteiger partial charge in [-0.25, -0.2) is 0 Å². The summed E-state index contributed by atoms with van der Waals surface area (Å²) >= 11 is 0. The van der Waals surface area contributed by atoms with E-state index in [9.17, 15) is 4.79 Å². The first kappa shape index (κ1) is 14.2. The molecular formula is C10H19ClO. The Morgan fingerprint density at radius 3 is 2.42 bits per heavy atom. The van der Waals surface area contributed by atoms with E-state index in [0.29, 0.717) is 0 Å². The largest absolute Gasteiger partial charge is 0.295 e. The minimum atomic E-state index is 0. The zero-order chi connectivity index (χ0) is 8.53. The molecule has 0 rings (SSSR count). The van der Waals surface area contributed by atoms with Gasteiger partial charge < -0.3 is 0 Å². The van der Waals surface area contributed by atoms with Gasteiger partial charge in [0.1, 0.15) is 0 Å². The van der Waals surface area contributed by atoms with Crippen molar-refractivity contribution in [2.45, 2.75) is 46.0 Å². The van der Waals surface area contributed by atoms with E-state index in [0.717, 1.165) is 6.42 Å². The molecule has 2 heteroatoms. The summed E-state index contributed by atoms with van der Waals surface area (Å²) in [5, 5.41) is 0. The molecule has 0 aromatic carbocycles. The quantitative estimate of drug-likeness (QED) is 0.463. The van der Waals surface area contributed by atoms with Crippen LogP contribution in [0.1, 0.15) is 46.0 Å². The average molecular weight is 191 g/mol. The molecule has 0 heterocycles. The maximum absolute atomic E-state index is 10.4. The van der Waals surface area contributed by atoms with E-state index in [1.807, 2.05) is 6.08 Å². The highest BCUT2D eigenvalue weighted by atomic mass is 35.5. The Morgan fingerprint density at radius 2 is 1.92 bits per heavy atom. The number of carbonyl (C=O) groups excluding carboxylic acids is 1. The number of rotatable bonds is 6. The Kier molecular flexibility index (Phi) is 12.7. The van der Waals surface area contributed by atoms with Gasteiger partial charge in [-0.3, -0.25) is 4.79 Å². The van der Waals surface area contributed by atoms with Gasteiger partial charge in [-0.2, -0.15) is 0 Å². The third kappa shape index (κ3) is 12.4. The lowest BCUT2D eigenvalue weighted by Crippen LogP contribution is -1.80. The van der Waals surface area contributed by atoms with Gasteiger partial charge in [-0.05, 0) is 25.8 Å². The fourth-order valence-corrected chi connectivity index (χ4v) is 0.938. The lowest BCUT2D eigenvalue weighted by Gasteiger charge is -1.92. The van der Waals surface area contributed by atoms with Crippen molar-refractivity contribution < 1.29 is 4.79 Å². The Labute approximate surface area is 81.6 Å². The molecule has 12 heavy (non-hydrogen) atoms. The normalized spacial score (nSPS) is 9.83. The predicted octanol–water partition coefficient (Wildman–Crippen LogP) is 3.52. The Morgan fingerprint density at radius 1 is 1.25 bits per heavy atom. The van der Waals surface area contributed by atoms with Crippen LogP contribution in [-0.2, 0) is 4.79 Å². The zero-order valence-corrected chi connectivity index (χ0v) is 8.82. The van der Waals surface area contributed by atoms with Crippen molar-refractivity contribution in [2.75, 3.05) is 0 Å². The Bertz CT molecular complexity index is 130. The zero-order valence-electron chi connectivity index (χ0n) is 8.01. The van der Waals surface area contributed by atoms with Gasteiger partial charge in [-0.15, -0.1) is 12.4 Å². The van der Waals surface area contributed by atoms with Crippen molar-refractivity contribution in [2.24, 2.45) is 0 Å². The lowest BCUT2D eigenvalue weighted by molar-refractivity contribution is -0.112. The summed E-state index contributed by atoms with van der Waals surface area (Å²) in [7, 11) is 0. The van der Waals surface area contributed by atoms with Gasteiger partial charge in [-0.1, -0.05) is 32.3 Å². The van der Waals surface area contributed by atoms with Gasteiger partial charge in [0.05, 0.1) is 0 Å². The van der Waals surface area contributed by atoms with Gasteiger partial charge >= 0.3 is 0 Å². The molecule has 0 bridgehead atoms. The minimum absolute atomic E-state index is 0. The maximum Gasteiger partial charge on any atom is 0.152 e. The van der Waals surface area contributed by atoms with Crippen LogP contribution in [-0.4, -0.2) is 5.78 Å². The number of hydrogen-bond acceptors (Lipinski definition) is 1. The topological polar surface area (TPSA) is 17.1 Å². The van der Waals surface area contributed by atoms with E-state index in [1.54, 1.807) is 13.0 Å². The highest BCUT2D eigenvalue weighted by Gasteiger charge is 1.85. The molecule has 0 unspecified atom stereocenters. The van der Waals surface area contributed by atoms with E-state index in [2.05, 4.69) is 6.92 Å². The molecular weight excluding hydrogens is 172 g/mol. The molecule has 0 fully saturated rings. The van der Waals surface area contributed by atoms with Crippen LogP contribution in [0.25, 0.3) is 0 Å².